The summed E-state index contributed by atoms with van der Waals surface area (Å²) in [6, 6.07) is 2.94. The monoisotopic (exact) mass is 280 g/mol. The molecule has 5 nitrogen and oxygen atoms in total. The van der Waals surface area contributed by atoms with E-state index in [4.69, 9.17) is 16.9 Å². The lowest BCUT2D eigenvalue weighted by Gasteiger charge is -2.08. The maximum absolute atomic E-state index is 14.0. The summed E-state index contributed by atoms with van der Waals surface area (Å²) in [5.74, 6) is -0.655. The van der Waals surface area contributed by atoms with Crippen LogP contribution in [-0.4, -0.2) is 14.3 Å². The van der Waals surface area contributed by atoms with Crippen LogP contribution in [0, 0.1) is 24.1 Å². The lowest BCUT2D eigenvalue weighted by Crippen LogP contribution is -2.20. The SMILES string of the molecule is Cc1c(-c2c(F)cc(Cl)c(=O)n2C)nn(C)c1C#N. The third kappa shape index (κ3) is 1.92. The van der Waals surface area contributed by atoms with E-state index in [-0.39, 0.29) is 16.4 Å². The Balaban J connectivity index is 2.85. The Morgan fingerprint density at radius 2 is 2.11 bits per heavy atom. The first kappa shape index (κ1) is 13.3. The minimum Gasteiger partial charge on any atom is -0.306 e. The van der Waals surface area contributed by atoms with Crippen LogP contribution in [0.1, 0.15) is 11.3 Å². The van der Waals surface area contributed by atoms with E-state index in [0.717, 1.165) is 10.6 Å². The van der Waals surface area contributed by atoms with Gasteiger partial charge in [-0.2, -0.15) is 10.4 Å². The molecule has 0 N–H and O–H groups in total. The second-order valence-electron chi connectivity index (χ2n) is 4.11. The van der Waals surface area contributed by atoms with Gasteiger partial charge in [0, 0.05) is 25.7 Å². The molecule has 0 bridgehead atoms. The first-order valence-corrected chi connectivity index (χ1v) is 5.75. The summed E-state index contributed by atoms with van der Waals surface area (Å²) < 4.78 is 16.5. The lowest BCUT2D eigenvalue weighted by atomic mass is 10.1. The van der Waals surface area contributed by atoms with Crippen molar-refractivity contribution in [1.82, 2.24) is 14.3 Å². The topological polar surface area (TPSA) is 63.6 Å². The second kappa shape index (κ2) is 4.52. The van der Waals surface area contributed by atoms with Crippen LogP contribution < -0.4 is 5.56 Å². The number of rotatable bonds is 1. The maximum atomic E-state index is 14.0. The van der Waals surface area contributed by atoms with Gasteiger partial charge >= 0.3 is 0 Å². The molecule has 0 spiro atoms. The van der Waals surface area contributed by atoms with E-state index in [1.807, 2.05) is 6.07 Å². The van der Waals surface area contributed by atoms with Gasteiger partial charge in [-0.05, 0) is 6.92 Å². The number of pyridine rings is 1. The van der Waals surface area contributed by atoms with E-state index in [1.54, 1.807) is 14.0 Å². The van der Waals surface area contributed by atoms with Crippen LogP contribution in [0.4, 0.5) is 4.39 Å². The summed E-state index contributed by atoms with van der Waals surface area (Å²) in [7, 11) is 2.99. The van der Waals surface area contributed by atoms with Gasteiger partial charge in [-0.25, -0.2) is 4.39 Å². The average molecular weight is 281 g/mol. The number of aryl methyl sites for hydroxylation is 1. The van der Waals surface area contributed by atoms with Gasteiger partial charge in [0.25, 0.3) is 5.56 Å². The molecule has 0 radical (unpaired) electrons. The van der Waals surface area contributed by atoms with Crippen LogP contribution in [0.25, 0.3) is 11.4 Å². The standard InChI is InChI=1S/C12H10ClFN4O/c1-6-9(5-15)18(3)16-10(6)11-8(14)4-7(13)12(19)17(11)2/h4H,1-3H3. The molecule has 0 fully saturated rings. The van der Waals surface area contributed by atoms with Crippen molar-refractivity contribution in [1.29, 1.82) is 5.26 Å². The number of nitrogens with zero attached hydrogens (tertiary/aromatic N) is 4. The van der Waals surface area contributed by atoms with Crippen molar-refractivity contribution < 1.29 is 4.39 Å². The number of hydrogen-bond donors (Lipinski definition) is 0. The molecule has 0 unspecified atom stereocenters. The van der Waals surface area contributed by atoms with Crippen molar-refractivity contribution in [2.24, 2.45) is 14.1 Å². The predicted molar refractivity (Wildman–Crippen MR) is 68.3 cm³/mol. The van der Waals surface area contributed by atoms with Gasteiger partial charge in [0.15, 0.2) is 5.82 Å². The molecule has 0 aliphatic heterocycles. The highest BCUT2D eigenvalue weighted by atomic mass is 35.5. The largest absolute Gasteiger partial charge is 0.306 e. The summed E-state index contributed by atoms with van der Waals surface area (Å²) in [5.41, 5.74) is 0.594. The van der Waals surface area contributed by atoms with Crippen molar-refractivity contribution >= 4 is 11.6 Å². The number of aromatic nitrogens is 3. The number of hydrogen-bond acceptors (Lipinski definition) is 3. The van der Waals surface area contributed by atoms with Gasteiger partial charge in [-0.15, -0.1) is 0 Å². The fraction of sp³-hybridized carbons (Fsp3) is 0.250. The Hall–Kier alpha value is -2.13. The third-order valence-corrected chi connectivity index (χ3v) is 3.21. The molecule has 0 aliphatic rings. The molecule has 2 aromatic heterocycles. The van der Waals surface area contributed by atoms with Gasteiger partial charge in [0.2, 0.25) is 0 Å². The van der Waals surface area contributed by atoms with Crippen LogP contribution in [0.5, 0.6) is 0 Å². The highest BCUT2D eigenvalue weighted by molar-refractivity contribution is 6.30. The zero-order valence-electron chi connectivity index (χ0n) is 10.5. The molecule has 0 amide bonds. The fourth-order valence-electron chi connectivity index (χ4n) is 1.95. The molecule has 2 rings (SSSR count). The van der Waals surface area contributed by atoms with Crippen molar-refractivity contribution in [3.8, 4) is 17.5 Å². The smallest absolute Gasteiger partial charge is 0.269 e. The van der Waals surface area contributed by atoms with E-state index >= 15 is 0 Å². The van der Waals surface area contributed by atoms with Crippen LogP contribution >= 0.6 is 11.6 Å². The van der Waals surface area contributed by atoms with Gasteiger partial charge < -0.3 is 4.57 Å². The quantitative estimate of drug-likeness (QED) is 0.799. The molecular formula is C12H10ClFN4O. The molecule has 0 saturated heterocycles. The summed E-state index contributed by atoms with van der Waals surface area (Å²) in [4.78, 5) is 11.8. The summed E-state index contributed by atoms with van der Waals surface area (Å²) in [5, 5.41) is 12.9. The van der Waals surface area contributed by atoms with Gasteiger partial charge in [-0.1, -0.05) is 11.6 Å². The molecule has 2 aromatic rings. The number of nitriles is 1. The Morgan fingerprint density at radius 3 is 2.63 bits per heavy atom. The van der Waals surface area contributed by atoms with E-state index in [1.165, 1.54) is 11.7 Å². The zero-order valence-corrected chi connectivity index (χ0v) is 11.3. The molecule has 0 aliphatic carbocycles. The highest BCUT2D eigenvalue weighted by Gasteiger charge is 2.20. The van der Waals surface area contributed by atoms with Crippen LogP contribution in [0.2, 0.25) is 5.02 Å². The Bertz CT molecular complexity index is 770. The predicted octanol–water partition coefficient (Wildman–Crippen LogP) is 1.76. The van der Waals surface area contributed by atoms with Crippen LogP contribution in [0.15, 0.2) is 10.9 Å². The molecule has 7 heteroatoms. The third-order valence-electron chi connectivity index (χ3n) is 2.94. The lowest BCUT2D eigenvalue weighted by molar-refractivity contribution is 0.609. The first-order chi connectivity index (χ1) is 8.88. The van der Waals surface area contributed by atoms with Crippen LogP contribution in [-0.2, 0) is 14.1 Å². The highest BCUT2D eigenvalue weighted by Crippen LogP contribution is 2.26. The molecule has 0 saturated carbocycles. The first-order valence-electron chi connectivity index (χ1n) is 5.37. The summed E-state index contributed by atoms with van der Waals surface area (Å²) in [6.45, 7) is 1.65. The van der Waals surface area contributed by atoms with E-state index in [2.05, 4.69) is 5.10 Å². The van der Waals surface area contributed by atoms with E-state index < -0.39 is 11.4 Å². The zero-order chi connectivity index (χ0) is 14.3. The Kier molecular flexibility index (Phi) is 3.16. The molecule has 19 heavy (non-hydrogen) atoms. The summed E-state index contributed by atoms with van der Waals surface area (Å²) in [6.07, 6.45) is 0. The van der Waals surface area contributed by atoms with Crippen molar-refractivity contribution in [2.75, 3.05) is 0 Å². The Morgan fingerprint density at radius 1 is 1.47 bits per heavy atom. The minimum absolute atomic E-state index is 0.0176. The van der Waals surface area contributed by atoms with Crippen molar-refractivity contribution in [3.63, 3.8) is 0 Å². The normalized spacial score (nSPS) is 10.5. The van der Waals surface area contributed by atoms with Gasteiger partial charge in [0.1, 0.15) is 28.2 Å². The molecule has 98 valence electrons. The molecule has 0 atom stereocenters. The molecule has 2 heterocycles. The fourth-order valence-corrected chi connectivity index (χ4v) is 2.17. The van der Waals surface area contributed by atoms with Crippen LogP contribution in [0.3, 0.4) is 0 Å². The van der Waals surface area contributed by atoms with Crippen molar-refractivity contribution in [2.45, 2.75) is 6.92 Å². The molecular weight excluding hydrogens is 271 g/mol. The average Bonchev–Trinajstić information content (AvgIpc) is 2.62. The van der Waals surface area contributed by atoms with Gasteiger partial charge in [-0.3, -0.25) is 9.48 Å². The summed E-state index contributed by atoms with van der Waals surface area (Å²) >= 11 is 5.63. The van der Waals surface area contributed by atoms with E-state index in [0.29, 0.717) is 11.3 Å². The number of halogens is 2. The van der Waals surface area contributed by atoms with E-state index in [9.17, 15) is 9.18 Å². The Labute approximate surface area is 113 Å². The van der Waals surface area contributed by atoms with Crippen molar-refractivity contribution in [3.05, 3.63) is 38.5 Å². The van der Waals surface area contributed by atoms with Gasteiger partial charge in [0.05, 0.1) is 0 Å². The maximum Gasteiger partial charge on any atom is 0.269 e. The molecule has 0 aromatic carbocycles. The minimum atomic E-state index is -0.655. The second-order valence-corrected chi connectivity index (χ2v) is 4.52.